The molecular formula is C23H22ClN5O4S. The first-order valence-corrected chi connectivity index (χ1v) is 11.8. The molecule has 2 amide bonds. The summed E-state index contributed by atoms with van der Waals surface area (Å²) >= 11 is 7.17. The van der Waals surface area contributed by atoms with Crippen molar-refractivity contribution in [2.24, 2.45) is 5.73 Å². The highest BCUT2D eigenvalue weighted by Crippen LogP contribution is 2.24. The summed E-state index contributed by atoms with van der Waals surface area (Å²) in [5.74, 6) is 2.18. The van der Waals surface area contributed by atoms with Crippen LogP contribution in [0.3, 0.4) is 0 Å². The van der Waals surface area contributed by atoms with Crippen molar-refractivity contribution in [3.63, 3.8) is 0 Å². The molecule has 0 unspecified atom stereocenters. The minimum atomic E-state index is -0.418. The predicted octanol–water partition coefficient (Wildman–Crippen LogP) is 3.66. The van der Waals surface area contributed by atoms with Gasteiger partial charge in [0.1, 0.15) is 23.1 Å². The van der Waals surface area contributed by atoms with E-state index in [0.29, 0.717) is 46.2 Å². The number of amides is 2. The highest BCUT2D eigenvalue weighted by atomic mass is 35.5. The number of thioether (sulfide) groups is 1. The molecule has 0 bridgehead atoms. The molecule has 0 aliphatic rings. The van der Waals surface area contributed by atoms with Crippen LogP contribution < -0.4 is 11.1 Å². The summed E-state index contributed by atoms with van der Waals surface area (Å²) in [6.07, 6.45) is 2.09. The zero-order valence-corrected chi connectivity index (χ0v) is 19.6. The summed E-state index contributed by atoms with van der Waals surface area (Å²) in [6, 6.07) is 14.6. The Labute approximate surface area is 204 Å². The van der Waals surface area contributed by atoms with E-state index < -0.39 is 5.91 Å². The van der Waals surface area contributed by atoms with Gasteiger partial charge in [-0.3, -0.25) is 14.2 Å². The topological polar surface area (TPSA) is 129 Å². The third-order valence-electron chi connectivity index (χ3n) is 4.87. The van der Waals surface area contributed by atoms with Crippen LogP contribution in [0.1, 0.15) is 23.8 Å². The lowest BCUT2D eigenvalue weighted by molar-refractivity contribution is -0.119. The van der Waals surface area contributed by atoms with Crippen molar-refractivity contribution in [3.05, 3.63) is 77.2 Å². The molecule has 1 aromatic carbocycles. The molecule has 3 heterocycles. The van der Waals surface area contributed by atoms with Crippen molar-refractivity contribution in [2.45, 2.75) is 31.1 Å². The summed E-state index contributed by atoms with van der Waals surface area (Å²) in [4.78, 5) is 23.6. The summed E-state index contributed by atoms with van der Waals surface area (Å²) in [7, 11) is 0. The van der Waals surface area contributed by atoms with Crippen LogP contribution in [0, 0.1) is 0 Å². The quantitative estimate of drug-likeness (QED) is 0.301. The van der Waals surface area contributed by atoms with Gasteiger partial charge in [0.25, 0.3) is 0 Å². The second-order valence-corrected chi connectivity index (χ2v) is 8.75. The van der Waals surface area contributed by atoms with E-state index >= 15 is 0 Å². The maximum absolute atomic E-state index is 12.4. The lowest BCUT2D eigenvalue weighted by Crippen LogP contribution is -2.24. The van der Waals surface area contributed by atoms with E-state index in [2.05, 4.69) is 15.5 Å². The molecule has 34 heavy (non-hydrogen) atoms. The molecule has 0 atom stereocenters. The van der Waals surface area contributed by atoms with Crippen LogP contribution >= 0.6 is 23.4 Å². The van der Waals surface area contributed by atoms with Gasteiger partial charge in [-0.2, -0.15) is 0 Å². The minimum Gasteiger partial charge on any atom is -0.467 e. The molecule has 4 aromatic rings. The van der Waals surface area contributed by atoms with E-state index in [9.17, 15) is 9.59 Å². The molecule has 0 aliphatic heterocycles. The molecule has 3 N–H and O–H groups in total. The Balaban J connectivity index is 1.33. The Hall–Kier alpha value is -3.50. The number of nitrogens with two attached hydrogens (primary N) is 1. The minimum absolute atomic E-state index is 0.136. The van der Waals surface area contributed by atoms with Gasteiger partial charge in [0.2, 0.25) is 11.8 Å². The lowest BCUT2D eigenvalue weighted by Gasteiger charge is -2.08. The third-order valence-corrected chi connectivity index (χ3v) is 6.08. The number of hydrogen-bond acceptors (Lipinski definition) is 7. The lowest BCUT2D eigenvalue weighted by atomic mass is 10.2. The maximum Gasteiger partial charge on any atom is 0.230 e. The Morgan fingerprint density at radius 1 is 1.09 bits per heavy atom. The smallest absolute Gasteiger partial charge is 0.230 e. The van der Waals surface area contributed by atoms with Crippen molar-refractivity contribution in [1.82, 2.24) is 20.1 Å². The molecular weight excluding hydrogens is 478 g/mol. The van der Waals surface area contributed by atoms with E-state index in [-0.39, 0.29) is 24.6 Å². The van der Waals surface area contributed by atoms with Crippen molar-refractivity contribution < 1.29 is 18.4 Å². The predicted molar refractivity (Wildman–Crippen MR) is 127 cm³/mol. The SMILES string of the molecule is NC(=O)CCc1nnc(SCC(=O)NCc2ccc(-c3ccc(Cl)cc3)o2)n1Cc1ccco1. The van der Waals surface area contributed by atoms with Gasteiger partial charge in [-0.25, -0.2) is 0 Å². The zero-order valence-electron chi connectivity index (χ0n) is 18.1. The number of nitrogens with zero attached hydrogens (tertiary/aromatic N) is 3. The van der Waals surface area contributed by atoms with Gasteiger partial charge in [0, 0.05) is 23.4 Å². The third kappa shape index (κ3) is 6.30. The number of primary amides is 1. The first-order valence-electron chi connectivity index (χ1n) is 10.4. The van der Waals surface area contributed by atoms with Gasteiger partial charge in [-0.1, -0.05) is 23.4 Å². The van der Waals surface area contributed by atoms with Crippen molar-refractivity contribution >= 4 is 35.2 Å². The number of aromatic nitrogens is 3. The molecule has 9 nitrogen and oxygen atoms in total. The Kier molecular flexibility index (Phi) is 7.71. The maximum atomic E-state index is 12.4. The second-order valence-electron chi connectivity index (χ2n) is 7.37. The first-order chi connectivity index (χ1) is 16.5. The van der Waals surface area contributed by atoms with Crippen molar-refractivity contribution in [1.29, 1.82) is 0 Å². The number of benzene rings is 1. The number of carbonyl (C=O) groups excluding carboxylic acids is 2. The summed E-state index contributed by atoms with van der Waals surface area (Å²) < 4.78 is 13.1. The van der Waals surface area contributed by atoms with Crippen LogP contribution in [0.15, 0.2) is 68.8 Å². The van der Waals surface area contributed by atoms with E-state index in [1.165, 1.54) is 11.8 Å². The number of hydrogen-bond donors (Lipinski definition) is 2. The number of furan rings is 2. The number of aryl methyl sites for hydroxylation is 1. The number of halogens is 1. The Morgan fingerprint density at radius 2 is 1.91 bits per heavy atom. The fourth-order valence-electron chi connectivity index (χ4n) is 3.17. The van der Waals surface area contributed by atoms with Gasteiger partial charge in [-0.15, -0.1) is 10.2 Å². The van der Waals surface area contributed by atoms with Gasteiger partial charge in [0.15, 0.2) is 5.16 Å². The highest BCUT2D eigenvalue weighted by molar-refractivity contribution is 7.99. The molecule has 0 saturated carbocycles. The standard InChI is InChI=1S/C23H22ClN5O4S/c24-16-5-3-15(4-6-16)19-8-7-17(33-19)12-26-22(31)14-34-23-28-27-21(10-9-20(25)30)29(23)13-18-2-1-11-32-18/h1-8,11H,9-10,12-14H2,(H2,25,30)(H,26,31). The number of nitrogens with one attached hydrogen (secondary N) is 1. The van der Waals surface area contributed by atoms with Gasteiger partial charge >= 0.3 is 0 Å². The Bertz CT molecular complexity index is 1250. The highest BCUT2D eigenvalue weighted by Gasteiger charge is 2.16. The molecule has 3 aromatic heterocycles. The van der Waals surface area contributed by atoms with Crippen LogP contribution in [0.5, 0.6) is 0 Å². The molecule has 0 spiro atoms. The number of rotatable bonds is 11. The van der Waals surface area contributed by atoms with Crippen molar-refractivity contribution in [2.75, 3.05) is 5.75 Å². The fourth-order valence-corrected chi connectivity index (χ4v) is 4.08. The van der Waals surface area contributed by atoms with Crippen LogP contribution in [0.4, 0.5) is 0 Å². The van der Waals surface area contributed by atoms with Crippen LogP contribution in [0.25, 0.3) is 11.3 Å². The second kappa shape index (κ2) is 11.1. The average molecular weight is 500 g/mol. The molecule has 0 aliphatic carbocycles. The molecule has 176 valence electrons. The number of carbonyl (C=O) groups is 2. The zero-order chi connectivity index (χ0) is 23.9. The monoisotopic (exact) mass is 499 g/mol. The van der Waals surface area contributed by atoms with Gasteiger partial charge < -0.3 is 19.9 Å². The molecule has 0 fully saturated rings. The fraction of sp³-hybridized carbons (Fsp3) is 0.217. The average Bonchev–Trinajstić information content (AvgIpc) is 3.58. The van der Waals surface area contributed by atoms with E-state index in [1.807, 2.05) is 34.9 Å². The normalized spacial score (nSPS) is 11.0. The molecule has 0 radical (unpaired) electrons. The van der Waals surface area contributed by atoms with Crippen LogP contribution in [-0.2, 0) is 29.1 Å². The van der Waals surface area contributed by atoms with Gasteiger partial charge in [0.05, 0.1) is 25.1 Å². The first kappa shape index (κ1) is 23.7. The largest absolute Gasteiger partial charge is 0.467 e. The summed E-state index contributed by atoms with van der Waals surface area (Å²) in [5, 5.41) is 12.4. The molecule has 0 saturated heterocycles. The summed E-state index contributed by atoms with van der Waals surface area (Å²) in [5.41, 5.74) is 6.17. The Morgan fingerprint density at radius 3 is 2.65 bits per heavy atom. The van der Waals surface area contributed by atoms with E-state index in [4.69, 9.17) is 26.2 Å². The summed E-state index contributed by atoms with van der Waals surface area (Å²) in [6.45, 7) is 0.647. The van der Waals surface area contributed by atoms with E-state index in [1.54, 1.807) is 24.5 Å². The van der Waals surface area contributed by atoms with Gasteiger partial charge in [-0.05, 0) is 48.5 Å². The van der Waals surface area contributed by atoms with Crippen LogP contribution in [-0.4, -0.2) is 32.3 Å². The van der Waals surface area contributed by atoms with Crippen molar-refractivity contribution in [3.8, 4) is 11.3 Å². The molecule has 11 heteroatoms. The molecule has 4 rings (SSSR count). The van der Waals surface area contributed by atoms with E-state index in [0.717, 1.165) is 5.56 Å². The van der Waals surface area contributed by atoms with Crippen LogP contribution in [0.2, 0.25) is 5.02 Å².